The van der Waals surface area contributed by atoms with Crippen molar-refractivity contribution < 1.29 is 8.42 Å². The number of sulfonamides is 1. The second kappa shape index (κ2) is 5.51. The van der Waals surface area contributed by atoms with Crippen LogP contribution in [-0.2, 0) is 10.0 Å². The third kappa shape index (κ3) is 3.09. The van der Waals surface area contributed by atoms with Crippen LogP contribution in [0.25, 0.3) is 0 Å². The zero-order valence-corrected chi connectivity index (χ0v) is 12.4. The Balaban J connectivity index is 2.11. The van der Waals surface area contributed by atoms with Gasteiger partial charge in [0.25, 0.3) is 0 Å². The number of rotatable bonds is 6. The Labute approximate surface area is 115 Å². The molecule has 1 aliphatic rings. The summed E-state index contributed by atoms with van der Waals surface area (Å²) >= 11 is 0. The van der Waals surface area contributed by atoms with Gasteiger partial charge in [0, 0.05) is 17.8 Å². The second-order valence-electron chi connectivity index (χ2n) is 5.14. The molecule has 19 heavy (non-hydrogen) atoms. The Bertz CT molecular complexity index is 513. The standard InChI is InChI=1S/C14H22N2O2S/c1-3-14(10-5-11-14)16-12-6-8-13(9-7-12)19(17,18)15-4-2/h6-9,15-16H,3-5,10-11H2,1-2H3. The minimum atomic E-state index is -3.35. The van der Waals surface area contributed by atoms with Crippen molar-refractivity contribution in [3.05, 3.63) is 24.3 Å². The molecule has 106 valence electrons. The summed E-state index contributed by atoms with van der Waals surface area (Å²) in [6, 6.07) is 7.00. The molecule has 0 aliphatic heterocycles. The molecule has 0 radical (unpaired) electrons. The van der Waals surface area contributed by atoms with Crippen LogP contribution < -0.4 is 10.0 Å². The smallest absolute Gasteiger partial charge is 0.240 e. The average Bonchev–Trinajstić information content (AvgIpc) is 2.34. The molecule has 2 rings (SSSR count). The molecule has 1 saturated carbocycles. The Morgan fingerprint density at radius 3 is 2.21 bits per heavy atom. The Kier molecular flexibility index (Phi) is 4.16. The van der Waals surface area contributed by atoms with Crippen LogP contribution in [0.15, 0.2) is 29.2 Å². The summed E-state index contributed by atoms with van der Waals surface area (Å²) in [5.41, 5.74) is 1.22. The first-order chi connectivity index (χ1) is 9.01. The maximum Gasteiger partial charge on any atom is 0.240 e. The first-order valence-corrected chi connectivity index (χ1v) is 8.37. The lowest BCUT2D eigenvalue weighted by Gasteiger charge is -2.43. The molecule has 0 aromatic heterocycles. The van der Waals surface area contributed by atoms with Crippen LogP contribution in [0.2, 0.25) is 0 Å². The molecular weight excluding hydrogens is 260 g/mol. The number of hydrogen-bond acceptors (Lipinski definition) is 3. The van der Waals surface area contributed by atoms with E-state index in [0.717, 1.165) is 12.1 Å². The van der Waals surface area contributed by atoms with E-state index in [1.807, 2.05) is 12.1 Å². The molecule has 0 unspecified atom stereocenters. The van der Waals surface area contributed by atoms with Crippen molar-refractivity contribution in [3.63, 3.8) is 0 Å². The van der Waals surface area contributed by atoms with Crippen molar-refractivity contribution in [3.8, 4) is 0 Å². The van der Waals surface area contributed by atoms with Crippen molar-refractivity contribution >= 4 is 15.7 Å². The molecular formula is C14H22N2O2S. The SMILES string of the molecule is CCNS(=O)(=O)c1ccc(NC2(CC)CCC2)cc1. The monoisotopic (exact) mass is 282 g/mol. The molecule has 1 fully saturated rings. The summed E-state index contributed by atoms with van der Waals surface area (Å²) in [7, 11) is -3.35. The summed E-state index contributed by atoms with van der Waals surface area (Å²) in [4.78, 5) is 0.319. The fourth-order valence-corrected chi connectivity index (χ4v) is 3.51. The van der Waals surface area contributed by atoms with Crippen LogP contribution in [-0.4, -0.2) is 20.5 Å². The number of anilines is 1. The Morgan fingerprint density at radius 1 is 1.16 bits per heavy atom. The topological polar surface area (TPSA) is 58.2 Å². The van der Waals surface area contributed by atoms with Gasteiger partial charge >= 0.3 is 0 Å². The van der Waals surface area contributed by atoms with E-state index in [9.17, 15) is 8.42 Å². The van der Waals surface area contributed by atoms with E-state index in [0.29, 0.717) is 11.4 Å². The van der Waals surface area contributed by atoms with Gasteiger partial charge in [-0.2, -0.15) is 0 Å². The third-order valence-electron chi connectivity index (χ3n) is 3.90. The first kappa shape index (κ1) is 14.3. The van der Waals surface area contributed by atoms with E-state index in [1.54, 1.807) is 19.1 Å². The van der Waals surface area contributed by atoms with Crippen LogP contribution in [0.4, 0.5) is 5.69 Å². The van der Waals surface area contributed by atoms with Gasteiger partial charge in [-0.15, -0.1) is 0 Å². The maximum atomic E-state index is 11.8. The summed E-state index contributed by atoms with van der Waals surface area (Å²) in [5, 5.41) is 3.54. The number of nitrogens with one attached hydrogen (secondary N) is 2. The van der Waals surface area contributed by atoms with Crippen molar-refractivity contribution in [2.75, 3.05) is 11.9 Å². The highest BCUT2D eigenvalue weighted by Crippen LogP contribution is 2.37. The average molecular weight is 282 g/mol. The van der Waals surface area contributed by atoms with Crippen molar-refractivity contribution in [2.45, 2.75) is 50.0 Å². The van der Waals surface area contributed by atoms with Gasteiger partial charge in [-0.05, 0) is 49.9 Å². The largest absolute Gasteiger partial charge is 0.380 e. The first-order valence-electron chi connectivity index (χ1n) is 6.89. The molecule has 1 aromatic carbocycles. The molecule has 0 bridgehead atoms. The lowest BCUT2D eigenvalue weighted by atomic mass is 9.74. The minimum absolute atomic E-state index is 0.224. The van der Waals surface area contributed by atoms with Gasteiger partial charge < -0.3 is 5.32 Å². The highest BCUT2D eigenvalue weighted by Gasteiger charge is 2.34. The van der Waals surface area contributed by atoms with Crippen molar-refractivity contribution in [2.24, 2.45) is 0 Å². The fraction of sp³-hybridized carbons (Fsp3) is 0.571. The zero-order valence-electron chi connectivity index (χ0n) is 11.6. The van der Waals surface area contributed by atoms with Crippen LogP contribution in [0, 0.1) is 0 Å². The molecule has 0 amide bonds. The molecule has 0 saturated heterocycles. The maximum absolute atomic E-state index is 11.8. The number of benzene rings is 1. The molecule has 0 spiro atoms. The fourth-order valence-electron chi connectivity index (χ4n) is 2.47. The highest BCUT2D eigenvalue weighted by atomic mass is 32.2. The summed E-state index contributed by atoms with van der Waals surface area (Å²) in [5.74, 6) is 0. The van der Waals surface area contributed by atoms with Crippen molar-refractivity contribution in [1.82, 2.24) is 4.72 Å². The Morgan fingerprint density at radius 2 is 1.79 bits per heavy atom. The molecule has 4 nitrogen and oxygen atoms in total. The van der Waals surface area contributed by atoms with Gasteiger partial charge in [0.15, 0.2) is 0 Å². The lowest BCUT2D eigenvalue weighted by molar-refractivity contribution is 0.269. The molecule has 2 N–H and O–H groups in total. The van der Waals surface area contributed by atoms with Crippen LogP contribution in [0.3, 0.4) is 0 Å². The zero-order chi connectivity index (χ0) is 13.9. The summed E-state index contributed by atoms with van der Waals surface area (Å²) < 4.78 is 26.1. The molecule has 5 heteroatoms. The predicted molar refractivity (Wildman–Crippen MR) is 77.8 cm³/mol. The second-order valence-corrected chi connectivity index (χ2v) is 6.91. The van der Waals surface area contributed by atoms with Gasteiger partial charge in [-0.1, -0.05) is 13.8 Å². The minimum Gasteiger partial charge on any atom is -0.380 e. The van der Waals surface area contributed by atoms with E-state index in [4.69, 9.17) is 0 Å². The summed E-state index contributed by atoms with van der Waals surface area (Å²) in [6.45, 7) is 4.37. The van der Waals surface area contributed by atoms with Gasteiger partial charge in [0.1, 0.15) is 0 Å². The van der Waals surface area contributed by atoms with E-state index in [2.05, 4.69) is 17.0 Å². The normalized spacial score (nSPS) is 17.8. The third-order valence-corrected chi connectivity index (χ3v) is 5.46. The number of hydrogen-bond donors (Lipinski definition) is 2. The Hall–Kier alpha value is -1.07. The van der Waals surface area contributed by atoms with Crippen molar-refractivity contribution in [1.29, 1.82) is 0 Å². The molecule has 0 atom stereocenters. The molecule has 1 aliphatic carbocycles. The van der Waals surface area contributed by atoms with Gasteiger partial charge in [-0.3, -0.25) is 0 Å². The molecule has 0 heterocycles. The van der Waals surface area contributed by atoms with Crippen LogP contribution >= 0.6 is 0 Å². The van der Waals surface area contributed by atoms with E-state index < -0.39 is 10.0 Å². The van der Waals surface area contributed by atoms with E-state index >= 15 is 0 Å². The van der Waals surface area contributed by atoms with Gasteiger partial charge in [0.05, 0.1) is 4.90 Å². The summed E-state index contributed by atoms with van der Waals surface area (Å²) in [6.07, 6.45) is 4.76. The van der Waals surface area contributed by atoms with E-state index in [-0.39, 0.29) is 5.54 Å². The van der Waals surface area contributed by atoms with E-state index in [1.165, 1.54) is 19.3 Å². The molecule has 1 aromatic rings. The van der Waals surface area contributed by atoms with Gasteiger partial charge in [0.2, 0.25) is 10.0 Å². The van der Waals surface area contributed by atoms with Crippen LogP contribution in [0.1, 0.15) is 39.5 Å². The van der Waals surface area contributed by atoms with Crippen LogP contribution in [0.5, 0.6) is 0 Å². The quantitative estimate of drug-likeness (QED) is 0.843. The highest BCUT2D eigenvalue weighted by molar-refractivity contribution is 7.89. The predicted octanol–water partition coefficient (Wildman–Crippen LogP) is 2.73. The van der Waals surface area contributed by atoms with Gasteiger partial charge in [-0.25, -0.2) is 13.1 Å². The lowest BCUT2D eigenvalue weighted by Crippen LogP contribution is -2.44.